The topological polar surface area (TPSA) is 92.9 Å². The number of ether oxygens (including phenoxy) is 1. The minimum Gasteiger partial charge on any atom is -0.495 e. The van der Waals surface area contributed by atoms with Crippen molar-refractivity contribution in [3.05, 3.63) is 23.8 Å². The summed E-state index contributed by atoms with van der Waals surface area (Å²) in [5.74, 6) is 0.0253. The van der Waals surface area contributed by atoms with E-state index in [1.54, 1.807) is 11.0 Å². The van der Waals surface area contributed by atoms with E-state index in [0.717, 1.165) is 23.6 Å². The first kappa shape index (κ1) is 21.7. The highest BCUT2D eigenvalue weighted by Crippen LogP contribution is 2.28. The van der Waals surface area contributed by atoms with Gasteiger partial charge in [-0.2, -0.15) is 0 Å². The number of halogens is 1. The number of sulfonamides is 1. The molecule has 1 aliphatic heterocycles. The first-order valence-electron chi connectivity index (χ1n) is 7.94. The molecule has 1 unspecified atom stereocenters. The Hall–Kier alpha value is -1.35. The SMILES string of the molecule is COc1ccc(C(=O)N2CCCCC2CN)cc1S(=O)(=O)N(C)C.Cl. The smallest absolute Gasteiger partial charge is 0.254 e. The van der Waals surface area contributed by atoms with Crippen molar-refractivity contribution in [2.24, 2.45) is 5.73 Å². The predicted molar refractivity (Wildman–Crippen MR) is 98.8 cm³/mol. The van der Waals surface area contributed by atoms with Crippen LogP contribution < -0.4 is 10.5 Å². The number of carbonyl (C=O) groups excluding carboxylic acids is 1. The monoisotopic (exact) mass is 391 g/mol. The van der Waals surface area contributed by atoms with E-state index in [4.69, 9.17) is 10.5 Å². The van der Waals surface area contributed by atoms with Gasteiger partial charge < -0.3 is 15.4 Å². The molecule has 9 heteroatoms. The number of hydrogen-bond acceptors (Lipinski definition) is 5. The van der Waals surface area contributed by atoms with Crippen LogP contribution in [0.3, 0.4) is 0 Å². The van der Waals surface area contributed by atoms with Gasteiger partial charge in [0.25, 0.3) is 5.91 Å². The van der Waals surface area contributed by atoms with E-state index < -0.39 is 10.0 Å². The lowest BCUT2D eigenvalue weighted by molar-refractivity contribution is 0.0623. The summed E-state index contributed by atoms with van der Waals surface area (Å²) in [7, 11) is 0.576. The Morgan fingerprint density at radius 3 is 2.60 bits per heavy atom. The zero-order valence-corrected chi connectivity index (χ0v) is 16.4. The molecule has 1 aromatic rings. The molecule has 7 nitrogen and oxygen atoms in total. The summed E-state index contributed by atoms with van der Waals surface area (Å²) in [5, 5.41) is 0. The Balaban J connectivity index is 0.00000312. The molecule has 2 rings (SSSR count). The quantitative estimate of drug-likeness (QED) is 0.817. The van der Waals surface area contributed by atoms with Crippen LogP contribution in [0.5, 0.6) is 5.75 Å². The number of benzene rings is 1. The molecule has 25 heavy (non-hydrogen) atoms. The van der Waals surface area contributed by atoms with Gasteiger partial charge in [0.1, 0.15) is 10.6 Å². The highest BCUT2D eigenvalue weighted by atomic mass is 35.5. The highest BCUT2D eigenvalue weighted by molar-refractivity contribution is 7.89. The third-order valence-corrected chi connectivity index (χ3v) is 6.17. The van der Waals surface area contributed by atoms with Crippen LogP contribution in [-0.4, -0.2) is 63.9 Å². The van der Waals surface area contributed by atoms with Gasteiger partial charge in [0.2, 0.25) is 10.0 Å². The van der Waals surface area contributed by atoms with Crippen molar-refractivity contribution < 1.29 is 17.9 Å². The Morgan fingerprint density at radius 1 is 1.36 bits per heavy atom. The molecule has 0 saturated carbocycles. The number of hydrogen-bond donors (Lipinski definition) is 1. The molecule has 1 saturated heterocycles. The van der Waals surface area contributed by atoms with E-state index >= 15 is 0 Å². The standard InChI is InChI=1S/C16H25N3O4S.ClH/c1-18(2)24(21,22)15-10-12(7-8-14(15)23-3)16(20)19-9-5-4-6-13(19)11-17;/h7-8,10,13H,4-6,9,11,17H2,1-3H3;1H. The Morgan fingerprint density at radius 2 is 2.04 bits per heavy atom. The molecule has 1 atom stereocenters. The molecule has 1 aliphatic rings. The normalized spacial score (nSPS) is 18.0. The number of nitrogens with two attached hydrogens (primary N) is 1. The molecule has 0 radical (unpaired) electrons. The summed E-state index contributed by atoms with van der Waals surface area (Å²) in [6, 6.07) is 4.50. The van der Waals surface area contributed by atoms with E-state index in [9.17, 15) is 13.2 Å². The van der Waals surface area contributed by atoms with Gasteiger partial charge in [0.05, 0.1) is 7.11 Å². The average Bonchev–Trinajstić information content (AvgIpc) is 2.60. The average molecular weight is 392 g/mol. The molecule has 0 aromatic heterocycles. The molecule has 2 N–H and O–H groups in total. The van der Waals surface area contributed by atoms with Crippen LogP contribution in [0.4, 0.5) is 0 Å². The van der Waals surface area contributed by atoms with E-state index in [1.165, 1.54) is 33.3 Å². The number of methoxy groups -OCH3 is 1. The largest absolute Gasteiger partial charge is 0.495 e. The van der Waals surface area contributed by atoms with E-state index in [1.807, 2.05) is 0 Å². The number of carbonyl (C=O) groups is 1. The zero-order chi connectivity index (χ0) is 17.9. The number of nitrogens with zero attached hydrogens (tertiary/aromatic N) is 2. The van der Waals surface area contributed by atoms with Crippen LogP contribution in [-0.2, 0) is 10.0 Å². The van der Waals surface area contributed by atoms with Gasteiger partial charge in [-0.15, -0.1) is 12.4 Å². The van der Waals surface area contributed by atoms with Crippen LogP contribution in [0, 0.1) is 0 Å². The van der Waals surface area contributed by atoms with Crippen molar-refractivity contribution in [3.8, 4) is 5.75 Å². The summed E-state index contributed by atoms with van der Waals surface area (Å²) in [4.78, 5) is 14.6. The molecular formula is C16H26ClN3O4S. The molecule has 142 valence electrons. The molecule has 1 aromatic carbocycles. The second-order valence-electron chi connectivity index (χ2n) is 6.04. The van der Waals surface area contributed by atoms with Crippen LogP contribution >= 0.6 is 12.4 Å². The number of piperidine rings is 1. The van der Waals surface area contributed by atoms with Crippen molar-refractivity contribution in [2.75, 3.05) is 34.3 Å². The molecule has 1 fully saturated rings. The number of likely N-dealkylation sites (tertiary alicyclic amines) is 1. The van der Waals surface area contributed by atoms with Crippen LogP contribution in [0.15, 0.2) is 23.1 Å². The highest BCUT2D eigenvalue weighted by Gasteiger charge is 2.29. The first-order valence-corrected chi connectivity index (χ1v) is 9.38. The first-order chi connectivity index (χ1) is 11.3. The fourth-order valence-electron chi connectivity index (χ4n) is 2.89. The summed E-state index contributed by atoms with van der Waals surface area (Å²) in [5.41, 5.74) is 6.11. The third-order valence-electron chi connectivity index (χ3n) is 4.33. The summed E-state index contributed by atoms with van der Waals surface area (Å²) in [6.07, 6.45) is 2.86. The van der Waals surface area contributed by atoms with Gasteiger partial charge in [-0.25, -0.2) is 12.7 Å². The maximum absolute atomic E-state index is 12.8. The Bertz CT molecular complexity index is 709. The second-order valence-corrected chi connectivity index (χ2v) is 8.16. The van der Waals surface area contributed by atoms with Crippen molar-refractivity contribution in [1.29, 1.82) is 0 Å². The molecule has 1 amide bonds. The molecule has 0 spiro atoms. The van der Waals surface area contributed by atoms with Crippen LogP contribution in [0.25, 0.3) is 0 Å². The van der Waals surface area contributed by atoms with Gasteiger partial charge in [-0.1, -0.05) is 0 Å². The number of amides is 1. The molecule has 0 aliphatic carbocycles. The lowest BCUT2D eigenvalue weighted by atomic mass is 10.0. The van der Waals surface area contributed by atoms with E-state index in [0.29, 0.717) is 18.7 Å². The maximum Gasteiger partial charge on any atom is 0.254 e. The summed E-state index contributed by atoms with van der Waals surface area (Å²) in [6.45, 7) is 1.05. The van der Waals surface area contributed by atoms with Gasteiger partial charge in [-0.05, 0) is 37.5 Å². The van der Waals surface area contributed by atoms with Crippen LogP contribution in [0.2, 0.25) is 0 Å². The van der Waals surface area contributed by atoms with Gasteiger partial charge in [-0.3, -0.25) is 4.79 Å². The lowest BCUT2D eigenvalue weighted by Crippen LogP contribution is -2.47. The van der Waals surface area contributed by atoms with Crippen molar-refractivity contribution in [2.45, 2.75) is 30.2 Å². The third kappa shape index (κ3) is 4.44. The number of rotatable bonds is 5. The van der Waals surface area contributed by atoms with Gasteiger partial charge in [0.15, 0.2) is 0 Å². The Kier molecular flexibility index (Phi) is 7.67. The molecule has 0 bridgehead atoms. The minimum absolute atomic E-state index is 0. The zero-order valence-electron chi connectivity index (χ0n) is 14.8. The maximum atomic E-state index is 12.8. The van der Waals surface area contributed by atoms with Crippen molar-refractivity contribution in [1.82, 2.24) is 9.21 Å². The van der Waals surface area contributed by atoms with Crippen molar-refractivity contribution in [3.63, 3.8) is 0 Å². The predicted octanol–water partition coefficient (Wildman–Crippen LogP) is 1.32. The van der Waals surface area contributed by atoms with Gasteiger partial charge in [0, 0.05) is 38.8 Å². The fraction of sp³-hybridized carbons (Fsp3) is 0.562. The molecular weight excluding hydrogens is 366 g/mol. The molecule has 1 heterocycles. The van der Waals surface area contributed by atoms with Crippen molar-refractivity contribution >= 4 is 28.3 Å². The van der Waals surface area contributed by atoms with Crippen LogP contribution in [0.1, 0.15) is 29.6 Å². The van der Waals surface area contributed by atoms with Gasteiger partial charge >= 0.3 is 0 Å². The Labute approximate surface area is 155 Å². The van der Waals surface area contributed by atoms with E-state index in [2.05, 4.69) is 0 Å². The lowest BCUT2D eigenvalue weighted by Gasteiger charge is -2.35. The van der Waals surface area contributed by atoms with E-state index in [-0.39, 0.29) is 35.0 Å². The summed E-state index contributed by atoms with van der Waals surface area (Å²) < 4.78 is 31.2. The summed E-state index contributed by atoms with van der Waals surface area (Å²) >= 11 is 0. The second kappa shape index (κ2) is 8.84. The fourth-order valence-corrected chi connectivity index (χ4v) is 3.96. The minimum atomic E-state index is -3.71.